The Kier molecular flexibility index (Phi) is 3.93. The van der Waals surface area contributed by atoms with Crippen LogP contribution in [0.2, 0.25) is 0 Å². The molecular weight excluding hydrogens is 238 g/mol. The monoisotopic (exact) mass is 259 g/mol. The second kappa shape index (κ2) is 5.32. The standard InChI is InChI=1S/C16H21NO2/c1-3-19-12-15(2,18)16(11-17)10-6-8-13-7-4-5-9-14(13)16/h4-5,7,9,18H,3,6,8,10,12H2,1-2H3. The topological polar surface area (TPSA) is 53.2 Å². The zero-order valence-electron chi connectivity index (χ0n) is 11.6. The van der Waals surface area contributed by atoms with Crippen LogP contribution in [0.1, 0.15) is 37.8 Å². The summed E-state index contributed by atoms with van der Waals surface area (Å²) >= 11 is 0. The highest BCUT2D eigenvalue weighted by atomic mass is 16.5. The molecule has 0 bridgehead atoms. The minimum Gasteiger partial charge on any atom is -0.386 e. The Morgan fingerprint density at radius 1 is 1.47 bits per heavy atom. The van der Waals surface area contributed by atoms with E-state index in [0.717, 1.165) is 18.4 Å². The van der Waals surface area contributed by atoms with Crippen LogP contribution in [-0.2, 0) is 16.6 Å². The highest BCUT2D eigenvalue weighted by Gasteiger charge is 2.51. The molecule has 0 aromatic heterocycles. The van der Waals surface area contributed by atoms with E-state index in [0.29, 0.717) is 13.0 Å². The minimum atomic E-state index is -1.17. The van der Waals surface area contributed by atoms with Crippen LogP contribution >= 0.6 is 0 Å². The molecule has 102 valence electrons. The molecular formula is C16H21NO2. The third-order valence-corrected chi connectivity index (χ3v) is 4.17. The number of aliphatic hydroxyl groups is 1. The quantitative estimate of drug-likeness (QED) is 0.904. The average Bonchev–Trinajstić information content (AvgIpc) is 2.44. The summed E-state index contributed by atoms with van der Waals surface area (Å²) in [6.45, 7) is 4.34. The fraction of sp³-hybridized carbons (Fsp3) is 0.562. The number of hydrogen-bond acceptors (Lipinski definition) is 3. The predicted molar refractivity (Wildman–Crippen MR) is 73.8 cm³/mol. The maximum atomic E-state index is 10.8. The summed E-state index contributed by atoms with van der Waals surface area (Å²) < 4.78 is 5.39. The van der Waals surface area contributed by atoms with E-state index in [9.17, 15) is 10.4 Å². The van der Waals surface area contributed by atoms with E-state index in [-0.39, 0.29) is 6.61 Å². The molecule has 0 amide bonds. The van der Waals surface area contributed by atoms with Crippen LogP contribution in [0.25, 0.3) is 0 Å². The van der Waals surface area contributed by atoms with Gasteiger partial charge < -0.3 is 9.84 Å². The van der Waals surface area contributed by atoms with Crippen molar-refractivity contribution in [3.63, 3.8) is 0 Å². The molecule has 0 aliphatic heterocycles. The van der Waals surface area contributed by atoms with Gasteiger partial charge in [-0.3, -0.25) is 0 Å². The van der Waals surface area contributed by atoms with Gasteiger partial charge in [0.15, 0.2) is 0 Å². The van der Waals surface area contributed by atoms with Crippen molar-refractivity contribution in [2.24, 2.45) is 0 Å². The average molecular weight is 259 g/mol. The van der Waals surface area contributed by atoms with Crippen molar-refractivity contribution in [2.45, 2.75) is 44.1 Å². The lowest BCUT2D eigenvalue weighted by Crippen LogP contribution is -2.53. The Bertz CT molecular complexity index is 490. The summed E-state index contributed by atoms with van der Waals surface area (Å²) in [7, 11) is 0. The molecule has 2 atom stereocenters. The van der Waals surface area contributed by atoms with E-state index in [2.05, 4.69) is 12.1 Å². The third kappa shape index (κ3) is 2.27. The number of ether oxygens (including phenoxy) is 1. The van der Waals surface area contributed by atoms with Gasteiger partial charge in [0.1, 0.15) is 11.0 Å². The predicted octanol–water partition coefficient (Wildman–Crippen LogP) is 2.57. The van der Waals surface area contributed by atoms with Gasteiger partial charge in [0.2, 0.25) is 0 Å². The van der Waals surface area contributed by atoms with Gasteiger partial charge in [-0.2, -0.15) is 5.26 Å². The number of fused-ring (bicyclic) bond motifs is 1. The van der Waals surface area contributed by atoms with Crippen LogP contribution in [0, 0.1) is 11.3 Å². The van der Waals surface area contributed by atoms with Crippen molar-refractivity contribution in [1.82, 2.24) is 0 Å². The van der Waals surface area contributed by atoms with Crippen LogP contribution in [0.4, 0.5) is 0 Å². The summed E-state index contributed by atoms with van der Waals surface area (Å²) in [5, 5.41) is 20.6. The fourth-order valence-corrected chi connectivity index (χ4v) is 3.05. The Morgan fingerprint density at radius 2 is 2.21 bits per heavy atom. The first-order chi connectivity index (χ1) is 9.07. The highest BCUT2D eigenvalue weighted by molar-refractivity contribution is 5.44. The summed E-state index contributed by atoms with van der Waals surface area (Å²) in [5.74, 6) is 0. The SMILES string of the molecule is CCOCC(C)(O)C1(C#N)CCCc2ccccc21. The fourth-order valence-electron chi connectivity index (χ4n) is 3.05. The molecule has 2 rings (SSSR count). The maximum Gasteiger partial charge on any atom is 0.113 e. The molecule has 3 heteroatoms. The zero-order chi connectivity index (χ0) is 13.9. The summed E-state index contributed by atoms with van der Waals surface area (Å²) in [5.41, 5.74) is 0.103. The summed E-state index contributed by atoms with van der Waals surface area (Å²) in [6.07, 6.45) is 2.58. The number of aryl methyl sites for hydroxylation is 1. The summed E-state index contributed by atoms with van der Waals surface area (Å²) in [4.78, 5) is 0. The van der Waals surface area contributed by atoms with Gasteiger partial charge in [0.25, 0.3) is 0 Å². The molecule has 1 aliphatic carbocycles. The largest absolute Gasteiger partial charge is 0.386 e. The van der Waals surface area contributed by atoms with Gasteiger partial charge in [-0.05, 0) is 44.2 Å². The number of benzene rings is 1. The molecule has 0 saturated heterocycles. The minimum absolute atomic E-state index is 0.186. The van der Waals surface area contributed by atoms with E-state index < -0.39 is 11.0 Å². The van der Waals surface area contributed by atoms with Crippen molar-refractivity contribution < 1.29 is 9.84 Å². The van der Waals surface area contributed by atoms with Crippen molar-refractivity contribution >= 4 is 0 Å². The third-order valence-electron chi connectivity index (χ3n) is 4.17. The lowest BCUT2D eigenvalue weighted by atomic mass is 9.62. The van der Waals surface area contributed by atoms with Crippen LogP contribution in [0.5, 0.6) is 0 Å². The number of nitrogens with zero attached hydrogens (tertiary/aromatic N) is 1. The van der Waals surface area contributed by atoms with Gasteiger partial charge in [0, 0.05) is 6.61 Å². The Labute approximate surface area is 114 Å². The molecule has 19 heavy (non-hydrogen) atoms. The number of nitriles is 1. The second-order valence-electron chi connectivity index (χ2n) is 5.44. The van der Waals surface area contributed by atoms with Crippen molar-refractivity contribution in [2.75, 3.05) is 13.2 Å². The van der Waals surface area contributed by atoms with Crippen molar-refractivity contribution in [3.05, 3.63) is 35.4 Å². The van der Waals surface area contributed by atoms with Gasteiger partial charge in [0.05, 0.1) is 12.7 Å². The molecule has 0 fully saturated rings. The van der Waals surface area contributed by atoms with Crippen LogP contribution < -0.4 is 0 Å². The molecule has 0 saturated carbocycles. The van der Waals surface area contributed by atoms with Crippen LogP contribution in [0.3, 0.4) is 0 Å². The summed E-state index contributed by atoms with van der Waals surface area (Å²) in [6, 6.07) is 10.3. The Hall–Kier alpha value is -1.37. The molecule has 1 aromatic carbocycles. The van der Waals surface area contributed by atoms with Crippen molar-refractivity contribution in [1.29, 1.82) is 5.26 Å². The van der Waals surface area contributed by atoms with E-state index in [1.165, 1.54) is 5.56 Å². The Balaban J connectivity index is 2.48. The molecule has 3 nitrogen and oxygen atoms in total. The first-order valence-electron chi connectivity index (χ1n) is 6.87. The van der Waals surface area contributed by atoms with Crippen molar-refractivity contribution in [3.8, 4) is 6.07 Å². The number of hydrogen-bond donors (Lipinski definition) is 1. The smallest absolute Gasteiger partial charge is 0.113 e. The maximum absolute atomic E-state index is 10.8. The van der Waals surface area contributed by atoms with Crippen LogP contribution in [0.15, 0.2) is 24.3 Å². The van der Waals surface area contributed by atoms with Gasteiger partial charge in [-0.25, -0.2) is 0 Å². The zero-order valence-corrected chi connectivity index (χ0v) is 11.6. The van der Waals surface area contributed by atoms with Crippen LogP contribution in [-0.4, -0.2) is 23.9 Å². The molecule has 0 heterocycles. The lowest BCUT2D eigenvalue weighted by Gasteiger charge is -2.43. The van der Waals surface area contributed by atoms with Gasteiger partial charge in [-0.1, -0.05) is 24.3 Å². The highest BCUT2D eigenvalue weighted by Crippen LogP contribution is 2.44. The second-order valence-corrected chi connectivity index (χ2v) is 5.44. The molecule has 2 unspecified atom stereocenters. The van der Waals surface area contributed by atoms with E-state index in [4.69, 9.17) is 4.74 Å². The molecule has 1 aliphatic rings. The van der Waals surface area contributed by atoms with Gasteiger partial charge in [-0.15, -0.1) is 0 Å². The molecule has 1 aromatic rings. The normalized spacial score (nSPS) is 25.2. The van der Waals surface area contributed by atoms with E-state index in [1.54, 1.807) is 6.92 Å². The first-order valence-corrected chi connectivity index (χ1v) is 6.87. The molecule has 0 radical (unpaired) electrons. The van der Waals surface area contributed by atoms with E-state index in [1.807, 2.05) is 25.1 Å². The first kappa shape index (κ1) is 14.0. The van der Waals surface area contributed by atoms with E-state index >= 15 is 0 Å². The van der Waals surface area contributed by atoms with Gasteiger partial charge >= 0.3 is 0 Å². The number of rotatable bonds is 4. The molecule has 1 N–H and O–H groups in total. The lowest BCUT2D eigenvalue weighted by molar-refractivity contribution is -0.0732. The molecule has 0 spiro atoms. The Morgan fingerprint density at radius 3 is 2.89 bits per heavy atom.